The molecule has 10 heavy (non-hydrogen) atoms. The zero-order chi connectivity index (χ0) is 7.94. The average molecular weight is 158 g/mol. The maximum absolute atomic E-state index is 8.93. The minimum Gasteiger partial charge on any atom is -0.396 e. The van der Waals surface area contributed by atoms with Crippen molar-refractivity contribution in [2.24, 2.45) is 11.8 Å². The molecular weight excluding hydrogens is 140 g/mol. The summed E-state index contributed by atoms with van der Waals surface area (Å²) in [6, 6.07) is 0. The second-order valence-electron chi connectivity index (χ2n) is 4.60. The summed E-state index contributed by atoms with van der Waals surface area (Å²) in [5.74, 6) is 1.45. The lowest BCUT2D eigenvalue weighted by molar-refractivity contribution is 0.270. The van der Waals surface area contributed by atoms with Crippen molar-refractivity contribution in [1.82, 2.24) is 0 Å². The summed E-state index contributed by atoms with van der Waals surface area (Å²) in [5.41, 5.74) is 0.887. The van der Waals surface area contributed by atoms with Gasteiger partial charge in [-0.2, -0.15) is 0 Å². The molecule has 1 aliphatic rings. The molecule has 0 aromatic carbocycles. The monoisotopic (exact) mass is 158 g/mol. The Morgan fingerprint density at radius 2 is 1.80 bits per heavy atom. The van der Waals surface area contributed by atoms with Crippen molar-refractivity contribution in [3.05, 3.63) is 0 Å². The molecule has 1 rings (SSSR count). The Hall–Kier alpha value is 0.177. The summed E-state index contributed by atoms with van der Waals surface area (Å²) in [4.78, 5) is 0. The Balaban J connectivity index is 2.48. The lowest BCUT2D eigenvalue weighted by atomic mass is 10.4. The highest BCUT2D eigenvalue weighted by Crippen LogP contribution is 2.56. The average Bonchev–Trinajstić information content (AvgIpc) is 2.39. The predicted octanol–water partition coefficient (Wildman–Crippen LogP) is 1.95. The number of hydrogen-bond donors (Lipinski definition) is 1. The lowest BCUT2D eigenvalue weighted by Crippen LogP contribution is -2.21. The van der Waals surface area contributed by atoms with Crippen molar-refractivity contribution < 1.29 is 5.11 Å². The maximum Gasteiger partial charge on any atom is 0.0480 e. The Labute approximate surface area is 64.5 Å². The van der Waals surface area contributed by atoms with Crippen LogP contribution in [-0.4, -0.2) is 19.8 Å². The predicted molar refractivity (Wildman–Crippen MR) is 46.8 cm³/mol. The molecule has 0 heterocycles. The molecule has 1 N–H and O–H groups in total. The highest BCUT2D eigenvalue weighted by atomic mass is 28.3. The van der Waals surface area contributed by atoms with Crippen LogP contribution >= 0.6 is 0 Å². The molecule has 0 bridgehead atoms. The molecule has 3 unspecified atom stereocenters. The molecule has 0 radical (unpaired) electrons. The van der Waals surface area contributed by atoms with Crippen LogP contribution in [0.3, 0.4) is 0 Å². The molecular formula is C8H18OSi. The van der Waals surface area contributed by atoms with Gasteiger partial charge >= 0.3 is 0 Å². The van der Waals surface area contributed by atoms with E-state index in [4.69, 9.17) is 5.11 Å². The van der Waals surface area contributed by atoms with Gasteiger partial charge in [-0.25, -0.2) is 0 Å². The van der Waals surface area contributed by atoms with Gasteiger partial charge in [0.05, 0.1) is 0 Å². The van der Waals surface area contributed by atoms with Gasteiger partial charge in [0.15, 0.2) is 0 Å². The van der Waals surface area contributed by atoms with Crippen LogP contribution in [0.15, 0.2) is 0 Å². The topological polar surface area (TPSA) is 20.2 Å². The van der Waals surface area contributed by atoms with Crippen LogP contribution in [0.2, 0.25) is 25.2 Å². The third kappa shape index (κ3) is 1.27. The fraction of sp³-hybridized carbons (Fsp3) is 1.00. The summed E-state index contributed by atoms with van der Waals surface area (Å²) in [6.45, 7) is 9.86. The molecule has 0 aliphatic heterocycles. The smallest absolute Gasteiger partial charge is 0.0480 e. The van der Waals surface area contributed by atoms with E-state index in [1.807, 2.05) is 0 Å². The Kier molecular flexibility index (Phi) is 1.94. The minimum absolute atomic E-state index is 0.413. The van der Waals surface area contributed by atoms with Crippen molar-refractivity contribution in [3.63, 3.8) is 0 Å². The Bertz CT molecular complexity index is 128. The van der Waals surface area contributed by atoms with Gasteiger partial charge in [0.1, 0.15) is 0 Å². The minimum atomic E-state index is -0.931. The first-order valence-electron chi connectivity index (χ1n) is 4.09. The van der Waals surface area contributed by atoms with Crippen molar-refractivity contribution in [2.75, 3.05) is 6.61 Å². The first kappa shape index (κ1) is 8.28. The van der Waals surface area contributed by atoms with Crippen LogP contribution < -0.4 is 0 Å². The van der Waals surface area contributed by atoms with Crippen molar-refractivity contribution >= 4 is 8.07 Å². The molecule has 0 amide bonds. The second kappa shape index (κ2) is 2.34. The van der Waals surface area contributed by atoms with Crippen molar-refractivity contribution in [2.45, 2.75) is 32.1 Å². The van der Waals surface area contributed by atoms with Crippen LogP contribution in [-0.2, 0) is 0 Å². The molecule has 0 saturated heterocycles. The molecule has 1 fully saturated rings. The quantitative estimate of drug-likeness (QED) is 0.609. The summed E-state index contributed by atoms with van der Waals surface area (Å²) < 4.78 is 0. The second-order valence-corrected chi connectivity index (χ2v) is 10.00. The summed E-state index contributed by atoms with van der Waals surface area (Å²) in [6.07, 6.45) is 0. The van der Waals surface area contributed by atoms with Crippen LogP contribution in [0.5, 0.6) is 0 Å². The zero-order valence-electron chi connectivity index (χ0n) is 7.39. The van der Waals surface area contributed by atoms with Gasteiger partial charge in [-0.15, -0.1) is 0 Å². The van der Waals surface area contributed by atoms with Gasteiger partial charge in [-0.3, -0.25) is 0 Å². The largest absolute Gasteiger partial charge is 0.396 e. The van der Waals surface area contributed by atoms with Crippen LogP contribution in [0, 0.1) is 11.8 Å². The fourth-order valence-corrected chi connectivity index (χ4v) is 5.66. The Morgan fingerprint density at radius 3 is 1.90 bits per heavy atom. The van der Waals surface area contributed by atoms with E-state index < -0.39 is 8.07 Å². The molecule has 1 saturated carbocycles. The maximum atomic E-state index is 8.93. The number of hydrogen-bond acceptors (Lipinski definition) is 1. The van der Waals surface area contributed by atoms with Gasteiger partial charge < -0.3 is 5.11 Å². The lowest BCUT2D eigenvalue weighted by Gasteiger charge is -2.15. The summed E-state index contributed by atoms with van der Waals surface area (Å²) in [5, 5.41) is 8.93. The molecule has 0 aromatic heterocycles. The summed E-state index contributed by atoms with van der Waals surface area (Å²) >= 11 is 0. The van der Waals surface area contributed by atoms with Crippen LogP contribution in [0.1, 0.15) is 6.92 Å². The van der Waals surface area contributed by atoms with E-state index in [0.717, 1.165) is 11.5 Å². The molecule has 60 valence electrons. The normalized spacial score (nSPS) is 39.9. The van der Waals surface area contributed by atoms with Gasteiger partial charge in [-0.05, 0) is 17.4 Å². The number of aliphatic hydroxyl groups is 1. The Morgan fingerprint density at radius 1 is 1.30 bits per heavy atom. The van der Waals surface area contributed by atoms with Gasteiger partial charge in [0.25, 0.3) is 0 Å². The first-order valence-corrected chi connectivity index (χ1v) is 7.67. The standard InChI is InChI=1S/C8H18OSi/c1-6-7(5-9)8(6)10(2,3)4/h6-9H,5H2,1-4H3. The van der Waals surface area contributed by atoms with E-state index in [2.05, 4.69) is 26.6 Å². The zero-order valence-corrected chi connectivity index (χ0v) is 8.39. The van der Waals surface area contributed by atoms with Crippen molar-refractivity contribution in [1.29, 1.82) is 0 Å². The number of aliphatic hydroxyl groups excluding tert-OH is 1. The highest BCUT2D eigenvalue weighted by Gasteiger charge is 2.52. The first-order chi connectivity index (χ1) is 4.48. The highest BCUT2D eigenvalue weighted by molar-refractivity contribution is 6.78. The molecule has 0 aromatic rings. The van der Waals surface area contributed by atoms with E-state index in [9.17, 15) is 0 Å². The van der Waals surface area contributed by atoms with Gasteiger partial charge in [0, 0.05) is 14.7 Å². The molecule has 3 atom stereocenters. The molecule has 1 nitrogen and oxygen atoms in total. The van der Waals surface area contributed by atoms with Crippen LogP contribution in [0.25, 0.3) is 0 Å². The van der Waals surface area contributed by atoms with E-state index >= 15 is 0 Å². The third-order valence-electron chi connectivity index (χ3n) is 2.77. The van der Waals surface area contributed by atoms with Crippen LogP contribution in [0.4, 0.5) is 0 Å². The van der Waals surface area contributed by atoms with E-state index in [1.54, 1.807) is 0 Å². The molecule has 1 aliphatic carbocycles. The van der Waals surface area contributed by atoms with Crippen molar-refractivity contribution in [3.8, 4) is 0 Å². The van der Waals surface area contributed by atoms with E-state index in [0.29, 0.717) is 12.5 Å². The molecule has 2 heteroatoms. The third-order valence-corrected chi connectivity index (χ3v) is 5.73. The van der Waals surface area contributed by atoms with E-state index in [-0.39, 0.29) is 0 Å². The fourth-order valence-electron chi connectivity index (χ4n) is 2.26. The molecule has 0 spiro atoms. The van der Waals surface area contributed by atoms with Gasteiger partial charge in [0.2, 0.25) is 0 Å². The van der Waals surface area contributed by atoms with Gasteiger partial charge in [-0.1, -0.05) is 26.6 Å². The summed E-state index contributed by atoms with van der Waals surface area (Å²) in [7, 11) is -0.931. The SMILES string of the molecule is CC1C(CO)C1[Si](C)(C)C. The van der Waals surface area contributed by atoms with E-state index in [1.165, 1.54) is 0 Å². The number of rotatable bonds is 2.